The van der Waals surface area contributed by atoms with Gasteiger partial charge in [0.2, 0.25) is 11.8 Å². The van der Waals surface area contributed by atoms with E-state index in [0.717, 1.165) is 25.1 Å². The molecule has 136 valence electrons. The number of likely N-dealkylation sites (tertiary alicyclic amines) is 1. The first-order valence-corrected chi connectivity index (χ1v) is 9.12. The van der Waals surface area contributed by atoms with Crippen LogP contribution in [0.5, 0.6) is 0 Å². The molecule has 2 aromatic carbocycles. The molecule has 5 nitrogen and oxygen atoms in total. The van der Waals surface area contributed by atoms with Gasteiger partial charge in [0.05, 0.1) is 23.2 Å². The third-order valence-electron chi connectivity index (χ3n) is 4.43. The van der Waals surface area contributed by atoms with E-state index in [1.807, 2.05) is 47.4 Å². The first kappa shape index (κ1) is 18.4. The summed E-state index contributed by atoms with van der Waals surface area (Å²) in [4.78, 5) is 26.8. The number of carbonyl (C=O) groups excluding carboxylic acids is 2. The molecule has 2 N–H and O–H groups in total. The van der Waals surface area contributed by atoms with Crippen molar-refractivity contribution in [2.24, 2.45) is 5.92 Å². The quantitative estimate of drug-likeness (QED) is 0.843. The Balaban J connectivity index is 1.52. The standard InChI is InChI=1S/C20H22ClN3O2/c21-17-10-4-5-11-18(17)23-19(25)14-24-12-6-7-15(13-24)20(26)22-16-8-2-1-3-9-16/h1-5,8-11,15H,6-7,12-14H2,(H,22,26)(H,23,25). The van der Waals surface area contributed by atoms with Gasteiger partial charge in [0.25, 0.3) is 0 Å². The number of amides is 2. The fourth-order valence-corrected chi connectivity index (χ4v) is 3.32. The molecule has 1 aliphatic heterocycles. The minimum Gasteiger partial charge on any atom is -0.326 e. The second-order valence-corrected chi connectivity index (χ2v) is 6.86. The van der Waals surface area contributed by atoms with Gasteiger partial charge in [-0.25, -0.2) is 0 Å². The second-order valence-electron chi connectivity index (χ2n) is 6.46. The van der Waals surface area contributed by atoms with Crippen LogP contribution in [0.4, 0.5) is 11.4 Å². The number of hydrogen-bond donors (Lipinski definition) is 2. The normalized spacial score (nSPS) is 17.5. The molecule has 0 aromatic heterocycles. The lowest BCUT2D eigenvalue weighted by Crippen LogP contribution is -2.44. The number of nitrogens with zero attached hydrogens (tertiary/aromatic N) is 1. The highest BCUT2D eigenvalue weighted by molar-refractivity contribution is 6.33. The summed E-state index contributed by atoms with van der Waals surface area (Å²) in [7, 11) is 0. The van der Waals surface area contributed by atoms with Gasteiger partial charge in [-0.15, -0.1) is 0 Å². The molecule has 1 atom stereocenters. The molecular formula is C20H22ClN3O2. The van der Waals surface area contributed by atoms with Crippen molar-refractivity contribution in [1.29, 1.82) is 0 Å². The number of benzene rings is 2. The molecule has 1 aliphatic rings. The van der Waals surface area contributed by atoms with Gasteiger partial charge in [-0.3, -0.25) is 14.5 Å². The van der Waals surface area contributed by atoms with E-state index in [-0.39, 0.29) is 24.3 Å². The van der Waals surface area contributed by atoms with Gasteiger partial charge in [-0.2, -0.15) is 0 Å². The maximum absolute atomic E-state index is 12.5. The average Bonchev–Trinajstić information content (AvgIpc) is 2.64. The molecule has 0 aliphatic carbocycles. The van der Waals surface area contributed by atoms with Crippen LogP contribution in [0.15, 0.2) is 54.6 Å². The summed E-state index contributed by atoms with van der Waals surface area (Å²) in [6.07, 6.45) is 1.73. The number of carbonyl (C=O) groups is 2. The van der Waals surface area contributed by atoms with Crippen LogP contribution in [0.1, 0.15) is 12.8 Å². The van der Waals surface area contributed by atoms with Crippen molar-refractivity contribution >= 4 is 34.8 Å². The van der Waals surface area contributed by atoms with E-state index in [2.05, 4.69) is 10.6 Å². The summed E-state index contributed by atoms with van der Waals surface area (Å²) in [6, 6.07) is 16.6. The Hall–Kier alpha value is -2.37. The van der Waals surface area contributed by atoms with Crippen molar-refractivity contribution in [2.75, 3.05) is 30.3 Å². The van der Waals surface area contributed by atoms with Crippen LogP contribution in [0.25, 0.3) is 0 Å². The van der Waals surface area contributed by atoms with Crippen molar-refractivity contribution in [2.45, 2.75) is 12.8 Å². The van der Waals surface area contributed by atoms with Crippen molar-refractivity contribution in [3.8, 4) is 0 Å². The average molecular weight is 372 g/mol. The number of halogens is 1. The van der Waals surface area contributed by atoms with E-state index in [1.165, 1.54) is 0 Å². The van der Waals surface area contributed by atoms with Gasteiger partial charge in [0, 0.05) is 12.2 Å². The Labute approximate surface area is 158 Å². The zero-order valence-electron chi connectivity index (χ0n) is 14.5. The molecule has 0 bridgehead atoms. The summed E-state index contributed by atoms with van der Waals surface area (Å²) in [5.74, 6) is -0.230. The fourth-order valence-electron chi connectivity index (χ4n) is 3.13. The number of anilines is 2. The van der Waals surface area contributed by atoms with Crippen molar-refractivity contribution in [3.05, 3.63) is 59.6 Å². The molecule has 0 spiro atoms. The van der Waals surface area contributed by atoms with E-state index in [0.29, 0.717) is 17.3 Å². The third kappa shape index (κ3) is 5.07. The Morgan fingerprint density at radius 1 is 1.04 bits per heavy atom. The van der Waals surface area contributed by atoms with Crippen molar-refractivity contribution in [1.82, 2.24) is 4.90 Å². The molecule has 26 heavy (non-hydrogen) atoms. The summed E-state index contributed by atoms with van der Waals surface area (Å²) in [5.41, 5.74) is 1.40. The summed E-state index contributed by atoms with van der Waals surface area (Å²) in [5, 5.41) is 6.29. The van der Waals surface area contributed by atoms with Crippen molar-refractivity contribution < 1.29 is 9.59 Å². The van der Waals surface area contributed by atoms with Gasteiger partial charge in [0.1, 0.15) is 0 Å². The zero-order valence-corrected chi connectivity index (χ0v) is 15.2. The molecule has 1 unspecified atom stereocenters. The van der Waals surface area contributed by atoms with Crippen LogP contribution in [0.3, 0.4) is 0 Å². The molecule has 2 aromatic rings. The highest BCUT2D eigenvalue weighted by Crippen LogP contribution is 2.21. The van der Waals surface area contributed by atoms with E-state index in [4.69, 9.17) is 11.6 Å². The van der Waals surface area contributed by atoms with Crippen LogP contribution >= 0.6 is 11.6 Å². The van der Waals surface area contributed by atoms with Crippen LogP contribution in [-0.4, -0.2) is 36.3 Å². The smallest absolute Gasteiger partial charge is 0.238 e. The van der Waals surface area contributed by atoms with E-state index in [9.17, 15) is 9.59 Å². The number of piperidine rings is 1. The summed E-state index contributed by atoms with van der Waals surface area (Å²) >= 11 is 6.07. The lowest BCUT2D eigenvalue weighted by atomic mass is 9.97. The molecule has 3 rings (SSSR count). The van der Waals surface area contributed by atoms with Gasteiger partial charge in [-0.1, -0.05) is 41.9 Å². The first-order valence-electron chi connectivity index (χ1n) is 8.74. The van der Waals surface area contributed by atoms with Gasteiger partial charge >= 0.3 is 0 Å². The van der Waals surface area contributed by atoms with Gasteiger partial charge < -0.3 is 10.6 Å². The molecule has 1 heterocycles. The summed E-state index contributed by atoms with van der Waals surface area (Å²) in [6.45, 7) is 1.64. The highest BCUT2D eigenvalue weighted by atomic mass is 35.5. The lowest BCUT2D eigenvalue weighted by molar-refractivity contribution is -0.123. The van der Waals surface area contributed by atoms with Crippen LogP contribution in [-0.2, 0) is 9.59 Å². The van der Waals surface area contributed by atoms with Crippen LogP contribution in [0, 0.1) is 5.92 Å². The minimum absolute atomic E-state index is 0.00686. The van der Waals surface area contributed by atoms with E-state index >= 15 is 0 Å². The summed E-state index contributed by atoms with van der Waals surface area (Å²) < 4.78 is 0. The fraction of sp³-hybridized carbons (Fsp3) is 0.300. The van der Waals surface area contributed by atoms with Crippen LogP contribution in [0.2, 0.25) is 5.02 Å². The first-order chi connectivity index (χ1) is 12.6. The third-order valence-corrected chi connectivity index (χ3v) is 4.76. The topological polar surface area (TPSA) is 61.4 Å². The van der Waals surface area contributed by atoms with Crippen LogP contribution < -0.4 is 10.6 Å². The monoisotopic (exact) mass is 371 g/mol. The maximum atomic E-state index is 12.5. The number of rotatable bonds is 5. The van der Waals surface area contributed by atoms with E-state index in [1.54, 1.807) is 12.1 Å². The minimum atomic E-state index is -0.123. The Kier molecular flexibility index (Phi) is 6.26. The Bertz CT molecular complexity index is 767. The molecule has 6 heteroatoms. The molecule has 1 fully saturated rings. The number of nitrogens with one attached hydrogen (secondary N) is 2. The maximum Gasteiger partial charge on any atom is 0.238 e. The molecular weight excluding hydrogens is 350 g/mol. The number of para-hydroxylation sites is 2. The second kappa shape index (κ2) is 8.83. The number of hydrogen-bond acceptors (Lipinski definition) is 3. The van der Waals surface area contributed by atoms with Gasteiger partial charge in [-0.05, 0) is 43.7 Å². The SMILES string of the molecule is O=C(CN1CCCC(C(=O)Nc2ccccc2)C1)Nc1ccccc1Cl. The zero-order chi connectivity index (χ0) is 18.4. The Morgan fingerprint density at radius 3 is 2.54 bits per heavy atom. The largest absolute Gasteiger partial charge is 0.326 e. The van der Waals surface area contributed by atoms with Crippen molar-refractivity contribution in [3.63, 3.8) is 0 Å². The highest BCUT2D eigenvalue weighted by Gasteiger charge is 2.27. The van der Waals surface area contributed by atoms with Gasteiger partial charge in [0.15, 0.2) is 0 Å². The van der Waals surface area contributed by atoms with E-state index < -0.39 is 0 Å². The molecule has 2 amide bonds. The molecule has 0 saturated carbocycles. The Morgan fingerprint density at radius 2 is 1.77 bits per heavy atom. The lowest BCUT2D eigenvalue weighted by Gasteiger charge is -2.31. The predicted molar refractivity (Wildman–Crippen MR) is 104 cm³/mol. The predicted octanol–water partition coefficient (Wildman–Crippen LogP) is 3.63. The molecule has 0 radical (unpaired) electrons. The molecule has 1 saturated heterocycles.